The van der Waals surface area contributed by atoms with E-state index in [1.54, 1.807) is 48.9 Å². The first kappa shape index (κ1) is 19.6. The number of carbonyl (C=O) groups excluding carboxylic acids is 2. The van der Waals surface area contributed by atoms with Crippen LogP contribution in [0.1, 0.15) is 32.1 Å². The van der Waals surface area contributed by atoms with Crippen molar-refractivity contribution in [2.75, 3.05) is 12.0 Å². The maximum Gasteiger partial charge on any atom is 0.270 e. The third-order valence-corrected chi connectivity index (χ3v) is 4.53. The minimum atomic E-state index is -0.485. The minimum absolute atomic E-state index is 0.0911. The molecule has 3 aromatic rings. The Balaban J connectivity index is 1.73. The number of hydrogen-bond donors (Lipinski definition) is 1. The highest BCUT2D eigenvalue weighted by Gasteiger charge is 2.18. The largest absolute Gasteiger partial charge is 0.484 e. The second kappa shape index (κ2) is 8.27. The number of carbonyl (C=O) groups is 2. The third kappa shape index (κ3) is 4.23. The summed E-state index contributed by atoms with van der Waals surface area (Å²) in [6, 6.07) is 14.2. The van der Waals surface area contributed by atoms with Crippen molar-refractivity contribution < 1.29 is 18.7 Å². The van der Waals surface area contributed by atoms with Crippen molar-refractivity contribution in [3.8, 4) is 5.75 Å². The van der Waals surface area contributed by atoms with E-state index in [9.17, 15) is 14.0 Å². The summed E-state index contributed by atoms with van der Waals surface area (Å²) in [4.78, 5) is 25.0. The molecule has 0 atom stereocenters. The van der Waals surface area contributed by atoms with Gasteiger partial charge in [-0.3, -0.25) is 19.7 Å². The number of halogens is 2. The number of nitrogens with zero attached hydrogens (tertiary/aromatic N) is 1. The summed E-state index contributed by atoms with van der Waals surface area (Å²) in [7, 11) is 0. The van der Waals surface area contributed by atoms with Crippen LogP contribution < -0.4 is 10.2 Å². The quantitative estimate of drug-likeness (QED) is 0.618. The lowest BCUT2D eigenvalue weighted by Crippen LogP contribution is -2.25. The maximum absolute atomic E-state index is 13.1. The second-order valence-electron chi connectivity index (χ2n) is 6.21. The van der Waals surface area contributed by atoms with Gasteiger partial charge in [0.2, 0.25) is 5.78 Å². The van der Waals surface area contributed by atoms with Crippen molar-refractivity contribution in [3.05, 3.63) is 88.0 Å². The summed E-state index contributed by atoms with van der Waals surface area (Å²) < 4.78 is 20.1. The van der Waals surface area contributed by atoms with Gasteiger partial charge in [0.1, 0.15) is 11.6 Å². The molecule has 144 valence electrons. The monoisotopic (exact) mass is 400 g/mol. The van der Waals surface area contributed by atoms with Crippen molar-refractivity contribution >= 4 is 23.3 Å². The highest BCUT2D eigenvalue weighted by molar-refractivity contribution is 6.32. The predicted molar refractivity (Wildman–Crippen MR) is 105 cm³/mol. The predicted octanol–water partition coefficient (Wildman–Crippen LogP) is 4.54. The normalized spacial score (nSPS) is 10.6. The first-order valence-electron chi connectivity index (χ1n) is 8.53. The highest BCUT2D eigenvalue weighted by Crippen LogP contribution is 2.25. The molecule has 0 aliphatic heterocycles. The van der Waals surface area contributed by atoms with E-state index in [0.29, 0.717) is 22.5 Å². The molecule has 2 aromatic carbocycles. The van der Waals surface area contributed by atoms with Gasteiger partial charge in [0.15, 0.2) is 6.61 Å². The number of ether oxygens (including phenoxy) is 1. The fourth-order valence-corrected chi connectivity index (χ4v) is 3.01. The van der Waals surface area contributed by atoms with Gasteiger partial charge >= 0.3 is 0 Å². The van der Waals surface area contributed by atoms with Gasteiger partial charge < -0.3 is 4.74 Å². The molecule has 0 saturated carbocycles. The molecule has 1 aromatic heterocycles. The lowest BCUT2D eigenvalue weighted by molar-refractivity contribution is 0.0919. The Morgan fingerprint density at radius 2 is 1.82 bits per heavy atom. The van der Waals surface area contributed by atoms with E-state index in [1.165, 1.54) is 12.1 Å². The number of ketones is 1. The Kier molecular flexibility index (Phi) is 5.80. The van der Waals surface area contributed by atoms with Gasteiger partial charge in [-0.15, -0.1) is 0 Å². The van der Waals surface area contributed by atoms with Crippen LogP contribution in [0.15, 0.2) is 54.6 Å². The Hall–Kier alpha value is -3.12. The topological polar surface area (TPSA) is 60.3 Å². The van der Waals surface area contributed by atoms with Gasteiger partial charge in [0.05, 0.1) is 5.02 Å². The molecule has 3 rings (SSSR count). The molecule has 0 unspecified atom stereocenters. The van der Waals surface area contributed by atoms with Crippen molar-refractivity contribution in [2.24, 2.45) is 0 Å². The smallest absolute Gasteiger partial charge is 0.270 e. The molecule has 7 heteroatoms. The molecule has 0 fully saturated rings. The SMILES string of the molecule is Cc1cc(C(=O)COc2ccc(F)cc2Cl)c(C)n1NC(=O)c1ccccc1. The molecule has 5 nitrogen and oxygen atoms in total. The summed E-state index contributed by atoms with van der Waals surface area (Å²) >= 11 is 5.91. The fourth-order valence-electron chi connectivity index (χ4n) is 2.79. The van der Waals surface area contributed by atoms with Gasteiger partial charge in [-0.25, -0.2) is 4.39 Å². The van der Waals surface area contributed by atoms with E-state index in [1.807, 2.05) is 6.07 Å². The molecule has 1 heterocycles. The van der Waals surface area contributed by atoms with Crippen molar-refractivity contribution in [1.29, 1.82) is 0 Å². The number of amides is 1. The lowest BCUT2D eigenvalue weighted by Gasteiger charge is -2.12. The molecule has 0 radical (unpaired) electrons. The first-order chi connectivity index (χ1) is 13.4. The van der Waals surface area contributed by atoms with Crippen molar-refractivity contribution in [3.63, 3.8) is 0 Å². The molecule has 0 saturated heterocycles. The number of hydrogen-bond acceptors (Lipinski definition) is 3. The Bertz CT molecular complexity index is 1030. The first-order valence-corrected chi connectivity index (χ1v) is 8.91. The molecule has 0 aliphatic carbocycles. The van der Waals surface area contributed by atoms with Gasteiger partial charge in [-0.1, -0.05) is 29.8 Å². The summed E-state index contributed by atoms with van der Waals surface area (Å²) in [5, 5.41) is 0.0911. The Morgan fingerprint density at radius 1 is 1.11 bits per heavy atom. The van der Waals surface area contributed by atoms with Crippen LogP contribution in [0.25, 0.3) is 0 Å². The summed E-state index contributed by atoms with van der Waals surface area (Å²) in [6.07, 6.45) is 0. The van der Waals surface area contributed by atoms with Gasteiger partial charge in [-0.2, -0.15) is 0 Å². The average molecular weight is 401 g/mol. The van der Waals surface area contributed by atoms with Crippen molar-refractivity contribution in [1.82, 2.24) is 4.68 Å². The van der Waals surface area contributed by atoms with Crippen LogP contribution in [0.3, 0.4) is 0 Å². The summed E-state index contributed by atoms with van der Waals surface area (Å²) in [5.41, 5.74) is 5.00. The van der Waals surface area contributed by atoms with Gasteiger partial charge in [0.25, 0.3) is 5.91 Å². The number of aryl methyl sites for hydroxylation is 1. The summed E-state index contributed by atoms with van der Waals surface area (Å²) in [6.45, 7) is 3.26. The zero-order chi connectivity index (χ0) is 20.3. The van der Waals surface area contributed by atoms with Crippen LogP contribution in [-0.4, -0.2) is 23.0 Å². The van der Waals surface area contributed by atoms with E-state index in [2.05, 4.69) is 5.43 Å². The van der Waals surface area contributed by atoms with Gasteiger partial charge in [0, 0.05) is 22.5 Å². The van der Waals surface area contributed by atoms with E-state index >= 15 is 0 Å². The maximum atomic E-state index is 13.1. The van der Waals surface area contributed by atoms with Crippen molar-refractivity contribution in [2.45, 2.75) is 13.8 Å². The fraction of sp³-hybridized carbons (Fsp3) is 0.143. The van der Waals surface area contributed by atoms with E-state index in [4.69, 9.17) is 16.3 Å². The van der Waals surface area contributed by atoms with Crippen LogP contribution >= 0.6 is 11.6 Å². The van der Waals surface area contributed by atoms with Gasteiger partial charge in [-0.05, 0) is 50.2 Å². The molecule has 0 bridgehead atoms. The molecule has 1 N–H and O–H groups in total. The van der Waals surface area contributed by atoms with E-state index < -0.39 is 5.82 Å². The summed E-state index contributed by atoms with van der Waals surface area (Å²) in [5.74, 6) is -0.826. The van der Waals surface area contributed by atoms with Crippen LogP contribution in [0, 0.1) is 19.7 Å². The Morgan fingerprint density at radius 3 is 2.50 bits per heavy atom. The zero-order valence-corrected chi connectivity index (χ0v) is 16.1. The standard InChI is InChI=1S/C21H18ClFN2O3/c1-13-10-17(19(26)12-28-20-9-8-16(23)11-18(20)22)14(2)25(13)24-21(27)15-6-4-3-5-7-15/h3-11H,12H2,1-2H3,(H,24,27). The van der Waals surface area contributed by atoms with E-state index in [-0.39, 0.29) is 29.1 Å². The zero-order valence-electron chi connectivity index (χ0n) is 15.3. The van der Waals surface area contributed by atoms with Crippen LogP contribution in [-0.2, 0) is 0 Å². The highest BCUT2D eigenvalue weighted by atomic mass is 35.5. The molecule has 0 spiro atoms. The number of aromatic nitrogens is 1. The molecule has 0 aliphatic rings. The third-order valence-electron chi connectivity index (χ3n) is 4.23. The number of benzene rings is 2. The van der Waals surface area contributed by atoms with E-state index in [0.717, 1.165) is 6.07 Å². The van der Waals surface area contributed by atoms with Crippen LogP contribution in [0.5, 0.6) is 5.75 Å². The molecular weight excluding hydrogens is 383 g/mol. The number of Topliss-reactive ketones (excluding diaryl/α,β-unsaturated/α-hetero) is 1. The molecule has 1 amide bonds. The molecule has 28 heavy (non-hydrogen) atoms. The minimum Gasteiger partial charge on any atom is -0.484 e. The number of nitrogens with one attached hydrogen (secondary N) is 1. The second-order valence-corrected chi connectivity index (χ2v) is 6.62. The number of rotatable bonds is 6. The van der Waals surface area contributed by atoms with Crippen LogP contribution in [0.4, 0.5) is 4.39 Å². The lowest BCUT2D eigenvalue weighted by atomic mass is 10.1. The van der Waals surface area contributed by atoms with Crippen LogP contribution in [0.2, 0.25) is 5.02 Å². The Labute approximate surface area is 166 Å². The molecular formula is C21H18ClFN2O3. The average Bonchev–Trinajstić information content (AvgIpc) is 2.96.